The van der Waals surface area contributed by atoms with Crippen molar-refractivity contribution in [2.75, 3.05) is 27.2 Å². The number of nitriles is 1. The normalized spacial score (nSPS) is 15.9. The molecule has 0 aliphatic carbocycles. The van der Waals surface area contributed by atoms with E-state index in [-0.39, 0.29) is 16.7 Å². The number of oxazole rings is 1. The van der Waals surface area contributed by atoms with Gasteiger partial charge in [-0.25, -0.2) is 13.4 Å². The SMILES string of the molecule is Cc1oc(C2CCN(S(=O)(=O)c3cccc(C#N)c3)CC2)nc1C(=O)N(C)C. The first kappa shape index (κ1) is 20.0. The maximum atomic E-state index is 12.8. The van der Waals surface area contributed by atoms with Gasteiger partial charge in [-0.1, -0.05) is 6.07 Å². The molecule has 0 saturated carbocycles. The van der Waals surface area contributed by atoms with Crippen molar-refractivity contribution in [2.45, 2.75) is 30.6 Å². The minimum absolute atomic E-state index is 0.0423. The lowest BCUT2D eigenvalue weighted by Crippen LogP contribution is -2.38. The lowest BCUT2D eigenvalue weighted by atomic mass is 9.98. The van der Waals surface area contributed by atoms with E-state index in [1.54, 1.807) is 33.2 Å². The first-order valence-corrected chi connectivity index (χ1v) is 10.4. The van der Waals surface area contributed by atoms with Crippen LogP contribution in [0.1, 0.15) is 46.5 Å². The summed E-state index contributed by atoms with van der Waals surface area (Å²) >= 11 is 0. The largest absolute Gasteiger partial charge is 0.445 e. The highest BCUT2D eigenvalue weighted by Gasteiger charge is 2.33. The van der Waals surface area contributed by atoms with Crippen LogP contribution in [0.2, 0.25) is 0 Å². The topological polar surface area (TPSA) is 108 Å². The van der Waals surface area contributed by atoms with Gasteiger partial charge in [0.1, 0.15) is 5.76 Å². The van der Waals surface area contributed by atoms with E-state index >= 15 is 0 Å². The van der Waals surface area contributed by atoms with Crippen LogP contribution in [0.15, 0.2) is 33.6 Å². The quantitative estimate of drug-likeness (QED) is 0.775. The Morgan fingerprint density at radius 3 is 2.61 bits per heavy atom. The van der Waals surface area contributed by atoms with Gasteiger partial charge in [0.2, 0.25) is 10.0 Å². The third kappa shape index (κ3) is 3.79. The Bertz CT molecular complexity index is 1030. The van der Waals surface area contributed by atoms with E-state index in [0.717, 1.165) is 0 Å². The first-order chi connectivity index (χ1) is 13.2. The van der Waals surface area contributed by atoms with Crippen molar-refractivity contribution in [3.63, 3.8) is 0 Å². The number of aryl methyl sites for hydroxylation is 1. The van der Waals surface area contributed by atoms with E-state index in [0.29, 0.717) is 48.8 Å². The van der Waals surface area contributed by atoms with E-state index in [2.05, 4.69) is 4.98 Å². The molecule has 8 nitrogen and oxygen atoms in total. The maximum absolute atomic E-state index is 12.8. The molecular formula is C19H22N4O4S. The summed E-state index contributed by atoms with van der Waals surface area (Å²) < 4.78 is 32.8. The molecule has 0 atom stereocenters. The monoisotopic (exact) mass is 402 g/mol. The molecule has 0 bridgehead atoms. The second-order valence-corrected chi connectivity index (χ2v) is 8.91. The molecule has 148 valence electrons. The van der Waals surface area contributed by atoms with Crippen molar-refractivity contribution in [3.05, 3.63) is 47.2 Å². The van der Waals surface area contributed by atoms with Crippen LogP contribution in [-0.4, -0.2) is 55.7 Å². The van der Waals surface area contributed by atoms with Gasteiger partial charge in [0, 0.05) is 33.1 Å². The number of carbonyl (C=O) groups is 1. The van der Waals surface area contributed by atoms with Crippen LogP contribution < -0.4 is 0 Å². The number of carbonyl (C=O) groups excluding carboxylic acids is 1. The molecule has 0 N–H and O–H groups in total. The molecule has 1 fully saturated rings. The summed E-state index contributed by atoms with van der Waals surface area (Å²) in [5.74, 6) is 0.687. The molecule has 28 heavy (non-hydrogen) atoms. The van der Waals surface area contributed by atoms with Crippen LogP contribution in [0.25, 0.3) is 0 Å². The smallest absolute Gasteiger partial charge is 0.275 e. The van der Waals surface area contributed by atoms with Gasteiger partial charge in [-0.15, -0.1) is 0 Å². The summed E-state index contributed by atoms with van der Waals surface area (Å²) in [5.41, 5.74) is 0.604. The van der Waals surface area contributed by atoms with E-state index < -0.39 is 10.0 Å². The number of hydrogen-bond donors (Lipinski definition) is 0. The van der Waals surface area contributed by atoms with Crippen LogP contribution in [0.5, 0.6) is 0 Å². The fourth-order valence-electron chi connectivity index (χ4n) is 3.22. The summed E-state index contributed by atoms with van der Waals surface area (Å²) in [4.78, 5) is 18.1. The molecule has 1 aliphatic heterocycles. The van der Waals surface area contributed by atoms with Crippen LogP contribution in [0.3, 0.4) is 0 Å². The predicted molar refractivity (Wildman–Crippen MR) is 101 cm³/mol. The average molecular weight is 402 g/mol. The van der Waals surface area contributed by atoms with Crippen LogP contribution in [-0.2, 0) is 10.0 Å². The Balaban J connectivity index is 1.73. The Kier molecular flexibility index (Phi) is 5.54. The number of benzene rings is 1. The van der Waals surface area contributed by atoms with Crippen LogP contribution >= 0.6 is 0 Å². The van der Waals surface area contributed by atoms with Gasteiger partial charge < -0.3 is 9.32 Å². The fraction of sp³-hybridized carbons (Fsp3) is 0.421. The Morgan fingerprint density at radius 2 is 2.00 bits per heavy atom. The molecule has 1 aliphatic rings. The molecule has 1 aromatic carbocycles. The van der Waals surface area contributed by atoms with Crippen molar-refractivity contribution in [1.82, 2.24) is 14.2 Å². The lowest BCUT2D eigenvalue weighted by molar-refractivity contribution is 0.0821. The van der Waals surface area contributed by atoms with Crippen molar-refractivity contribution in [2.24, 2.45) is 0 Å². The van der Waals surface area contributed by atoms with Gasteiger partial charge >= 0.3 is 0 Å². The number of rotatable bonds is 4. The number of sulfonamides is 1. The van der Waals surface area contributed by atoms with Gasteiger partial charge in [0.25, 0.3) is 5.91 Å². The standard InChI is InChI=1S/C19H22N4O4S/c1-13-17(19(24)22(2)3)21-18(27-13)15-7-9-23(10-8-15)28(25,26)16-6-4-5-14(11-16)12-20/h4-6,11,15H,7-10H2,1-3H3. The van der Waals surface area contributed by atoms with Crippen molar-refractivity contribution >= 4 is 15.9 Å². The highest BCUT2D eigenvalue weighted by atomic mass is 32.2. The lowest BCUT2D eigenvalue weighted by Gasteiger charge is -2.29. The van der Waals surface area contributed by atoms with E-state index in [9.17, 15) is 13.2 Å². The summed E-state index contributed by atoms with van der Waals surface area (Å²) in [6.07, 6.45) is 1.10. The van der Waals surface area contributed by atoms with Crippen molar-refractivity contribution in [1.29, 1.82) is 5.26 Å². The molecule has 1 amide bonds. The summed E-state index contributed by atoms with van der Waals surface area (Å²) in [6, 6.07) is 7.99. The molecule has 0 spiro atoms. The van der Waals surface area contributed by atoms with Gasteiger partial charge in [0.15, 0.2) is 11.6 Å². The molecule has 3 rings (SSSR count). The number of amides is 1. The Labute approximate surface area is 164 Å². The zero-order valence-electron chi connectivity index (χ0n) is 16.0. The van der Waals surface area contributed by atoms with Crippen LogP contribution in [0.4, 0.5) is 0 Å². The molecule has 9 heteroatoms. The van der Waals surface area contributed by atoms with Crippen molar-refractivity contribution < 1.29 is 17.6 Å². The van der Waals surface area contributed by atoms with Gasteiger partial charge in [-0.3, -0.25) is 4.79 Å². The second kappa shape index (κ2) is 7.73. The second-order valence-electron chi connectivity index (χ2n) is 6.97. The third-order valence-corrected chi connectivity index (χ3v) is 6.72. The minimum atomic E-state index is -3.66. The zero-order chi connectivity index (χ0) is 20.5. The van der Waals surface area contributed by atoms with Gasteiger partial charge in [0.05, 0.1) is 16.5 Å². The molecule has 2 heterocycles. The molecule has 0 unspecified atom stereocenters. The summed E-state index contributed by atoms with van der Waals surface area (Å²) in [6.45, 7) is 2.35. The molecular weight excluding hydrogens is 380 g/mol. The number of hydrogen-bond acceptors (Lipinski definition) is 6. The Hall–Kier alpha value is -2.70. The Morgan fingerprint density at radius 1 is 1.32 bits per heavy atom. The average Bonchev–Trinajstić information content (AvgIpc) is 3.09. The molecule has 2 aromatic rings. The van der Waals surface area contributed by atoms with Crippen molar-refractivity contribution in [3.8, 4) is 6.07 Å². The van der Waals surface area contributed by atoms with E-state index in [4.69, 9.17) is 9.68 Å². The maximum Gasteiger partial charge on any atom is 0.275 e. The first-order valence-electron chi connectivity index (χ1n) is 8.93. The molecule has 0 radical (unpaired) electrons. The summed E-state index contributed by atoms with van der Waals surface area (Å²) in [7, 11) is -0.350. The minimum Gasteiger partial charge on any atom is -0.445 e. The molecule has 1 saturated heterocycles. The fourth-order valence-corrected chi connectivity index (χ4v) is 4.74. The van der Waals surface area contributed by atoms with E-state index in [1.807, 2.05) is 6.07 Å². The zero-order valence-corrected chi connectivity index (χ0v) is 16.9. The predicted octanol–water partition coefficient (Wildman–Crippen LogP) is 2.12. The third-order valence-electron chi connectivity index (χ3n) is 4.83. The number of nitrogens with zero attached hydrogens (tertiary/aromatic N) is 4. The van der Waals surface area contributed by atoms with E-state index in [1.165, 1.54) is 21.3 Å². The highest BCUT2D eigenvalue weighted by molar-refractivity contribution is 7.89. The number of aromatic nitrogens is 1. The molecule has 1 aromatic heterocycles. The summed E-state index contributed by atoms with van der Waals surface area (Å²) in [5, 5.41) is 8.99. The van der Waals surface area contributed by atoms with Gasteiger partial charge in [-0.2, -0.15) is 9.57 Å². The highest BCUT2D eigenvalue weighted by Crippen LogP contribution is 2.31. The van der Waals surface area contributed by atoms with Gasteiger partial charge in [-0.05, 0) is 38.0 Å². The van der Waals surface area contributed by atoms with Crippen LogP contribution in [0, 0.1) is 18.3 Å². The number of piperidine rings is 1.